The number of aliphatic carboxylic acids is 2. The normalized spacial score (nSPS) is 39.7. The molecule has 0 heterocycles. The summed E-state index contributed by atoms with van der Waals surface area (Å²) in [6, 6.07) is 0. The van der Waals surface area contributed by atoms with Crippen molar-refractivity contribution < 1.29 is 19.8 Å². The molecule has 84 valence electrons. The Kier molecular flexibility index (Phi) is 2.67. The van der Waals surface area contributed by atoms with Crippen molar-refractivity contribution in [3.05, 3.63) is 0 Å². The second-order valence-electron chi connectivity index (χ2n) is 4.75. The predicted molar refractivity (Wildman–Crippen MR) is 52.3 cm³/mol. The molecule has 2 fully saturated rings. The molecule has 2 rings (SSSR count). The lowest BCUT2D eigenvalue weighted by molar-refractivity contribution is -0.153. The molecular formula is C11H16O4. The predicted octanol–water partition coefficient (Wildman–Crippen LogP) is 1.60. The Bertz CT molecular complexity index is 286. The van der Waals surface area contributed by atoms with Crippen molar-refractivity contribution >= 4 is 11.9 Å². The summed E-state index contributed by atoms with van der Waals surface area (Å²) in [5.41, 5.74) is 0. The summed E-state index contributed by atoms with van der Waals surface area (Å²) < 4.78 is 0. The van der Waals surface area contributed by atoms with Gasteiger partial charge >= 0.3 is 11.9 Å². The Labute approximate surface area is 88.3 Å². The van der Waals surface area contributed by atoms with Crippen LogP contribution in [-0.4, -0.2) is 22.2 Å². The first-order valence-corrected chi connectivity index (χ1v) is 5.57. The van der Waals surface area contributed by atoms with Gasteiger partial charge in [0.15, 0.2) is 0 Å². The van der Waals surface area contributed by atoms with Crippen LogP contribution in [0, 0.1) is 23.7 Å². The largest absolute Gasteiger partial charge is 0.481 e. The second-order valence-corrected chi connectivity index (χ2v) is 4.75. The van der Waals surface area contributed by atoms with Gasteiger partial charge in [0, 0.05) is 0 Å². The number of carboxylic acids is 2. The first-order chi connectivity index (χ1) is 7.11. The second kappa shape index (κ2) is 3.83. The SMILES string of the molecule is O=C(O)C1CC2CCCCC2C1C(=O)O. The van der Waals surface area contributed by atoms with E-state index in [-0.39, 0.29) is 5.92 Å². The van der Waals surface area contributed by atoms with Gasteiger partial charge in [0.05, 0.1) is 11.8 Å². The molecular weight excluding hydrogens is 196 g/mol. The highest BCUT2D eigenvalue weighted by Crippen LogP contribution is 2.49. The molecule has 0 aromatic carbocycles. The summed E-state index contributed by atoms with van der Waals surface area (Å²) in [6.07, 6.45) is 4.65. The van der Waals surface area contributed by atoms with Gasteiger partial charge in [-0.1, -0.05) is 19.3 Å². The van der Waals surface area contributed by atoms with Crippen molar-refractivity contribution in [1.29, 1.82) is 0 Å². The average molecular weight is 212 g/mol. The van der Waals surface area contributed by atoms with Crippen LogP contribution in [0.5, 0.6) is 0 Å². The van der Waals surface area contributed by atoms with Crippen molar-refractivity contribution in [2.24, 2.45) is 23.7 Å². The van der Waals surface area contributed by atoms with Crippen molar-refractivity contribution in [3.63, 3.8) is 0 Å². The van der Waals surface area contributed by atoms with Crippen LogP contribution in [0.3, 0.4) is 0 Å². The maximum atomic E-state index is 11.1. The minimum absolute atomic E-state index is 0.109. The monoisotopic (exact) mass is 212 g/mol. The number of rotatable bonds is 2. The van der Waals surface area contributed by atoms with E-state index in [2.05, 4.69) is 0 Å². The molecule has 0 aromatic rings. The van der Waals surface area contributed by atoms with Gasteiger partial charge in [-0.05, 0) is 24.7 Å². The summed E-state index contributed by atoms with van der Waals surface area (Å²) in [4.78, 5) is 22.1. The summed E-state index contributed by atoms with van der Waals surface area (Å²) in [7, 11) is 0. The molecule has 0 amide bonds. The maximum absolute atomic E-state index is 11.1. The summed E-state index contributed by atoms with van der Waals surface area (Å²) >= 11 is 0. The van der Waals surface area contributed by atoms with Crippen molar-refractivity contribution in [3.8, 4) is 0 Å². The van der Waals surface area contributed by atoms with Crippen molar-refractivity contribution in [2.45, 2.75) is 32.1 Å². The average Bonchev–Trinajstić information content (AvgIpc) is 2.56. The Morgan fingerprint density at radius 3 is 2.27 bits per heavy atom. The third-order valence-electron chi connectivity index (χ3n) is 4.02. The van der Waals surface area contributed by atoms with Gasteiger partial charge in [-0.3, -0.25) is 9.59 Å². The Hall–Kier alpha value is -1.06. The fourth-order valence-corrected chi connectivity index (χ4v) is 3.38. The molecule has 0 radical (unpaired) electrons. The van der Waals surface area contributed by atoms with E-state index in [0.717, 1.165) is 25.7 Å². The first-order valence-electron chi connectivity index (χ1n) is 5.57. The smallest absolute Gasteiger partial charge is 0.307 e. The number of fused-ring (bicyclic) bond motifs is 1. The van der Waals surface area contributed by atoms with Crippen LogP contribution in [0.2, 0.25) is 0 Å². The molecule has 0 spiro atoms. The van der Waals surface area contributed by atoms with E-state index < -0.39 is 23.8 Å². The van der Waals surface area contributed by atoms with Gasteiger partial charge in [0.25, 0.3) is 0 Å². The molecule has 4 nitrogen and oxygen atoms in total. The van der Waals surface area contributed by atoms with E-state index in [4.69, 9.17) is 10.2 Å². The number of carbonyl (C=O) groups is 2. The highest BCUT2D eigenvalue weighted by molar-refractivity contribution is 5.81. The molecule has 4 heteroatoms. The molecule has 2 aliphatic carbocycles. The minimum Gasteiger partial charge on any atom is -0.481 e. The van der Waals surface area contributed by atoms with Crippen LogP contribution in [0.25, 0.3) is 0 Å². The van der Waals surface area contributed by atoms with E-state index in [1.165, 1.54) is 0 Å². The lowest BCUT2D eigenvalue weighted by Gasteiger charge is -2.27. The van der Waals surface area contributed by atoms with Crippen LogP contribution in [-0.2, 0) is 9.59 Å². The topological polar surface area (TPSA) is 74.6 Å². The van der Waals surface area contributed by atoms with Crippen LogP contribution < -0.4 is 0 Å². The van der Waals surface area contributed by atoms with Gasteiger partial charge in [-0.25, -0.2) is 0 Å². The molecule has 2 saturated carbocycles. The Balaban J connectivity index is 2.21. The van der Waals surface area contributed by atoms with E-state index in [1.807, 2.05) is 0 Å². The van der Waals surface area contributed by atoms with Crippen molar-refractivity contribution in [2.75, 3.05) is 0 Å². The van der Waals surface area contributed by atoms with E-state index in [9.17, 15) is 9.59 Å². The molecule has 0 aliphatic heterocycles. The van der Waals surface area contributed by atoms with E-state index >= 15 is 0 Å². The van der Waals surface area contributed by atoms with Crippen molar-refractivity contribution in [1.82, 2.24) is 0 Å². The number of hydrogen-bond donors (Lipinski definition) is 2. The minimum atomic E-state index is -0.934. The highest BCUT2D eigenvalue weighted by atomic mass is 16.4. The number of carboxylic acid groups (broad SMARTS) is 2. The summed E-state index contributed by atoms with van der Waals surface area (Å²) in [6.45, 7) is 0. The molecule has 15 heavy (non-hydrogen) atoms. The van der Waals surface area contributed by atoms with Gasteiger partial charge in [-0.2, -0.15) is 0 Å². The fraction of sp³-hybridized carbons (Fsp3) is 0.818. The summed E-state index contributed by atoms with van der Waals surface area (Å²) in [5, 5.41) is 18.1. The lowest BCUT2D eigenvalue weighted by atomic mass is 9.77. The number of hydrogen-bond acceptors (Lipinski definition) is 2. The highest BCUT2D eigenvalue weighted by Gasteiger charge is 2.50. The van der Waals surface area contributed by atoms with Crippen LogP contribution in [0.1, 0.15) is 32.1 Å². The zero-order chi connectivity index (χ0) is 11.0. The molecule has 0 bridgehead atoms. The third-order valence-corrected chi connectivity index (χ3v) is 4.02. The molecule has 0 aromatic heterocycles. The quantitative estimate of drug-likeness (QED) is 0.729. The van der Waals surface area contributed by atoms with Gasteiger partial charge < -0.3 is 10.2 Å². The van der Waals surface area contributed by atoms with Gasteiger partial charge in [0.1, 0.15) is 0 Å². The molecule has 2 N–H and O–H groups in total. The van der Waals surface area contributed by atoms with Crippen LogP contribution in [0.15, 0.2) is 0 Å². The Morgan fingerprint density at radius 2 is 1.67 bits per heavy atom. The first kappa shape index (κ1) is 10.5. The lowest BCUT2D eigenvalue weighted by Crippen LogP contribution is -2.30. The van der Waals surface area contributed by atoms with Crippen LogP contribution in [0.4, 0.5) is 0 Å². The van der Waals surface area contributed by atoms with E-state index in [0.29, 0.717) is 12.3 Å². The van der Waals surface area contributed by atoms with E-state index in [1.54, 1.807) is 0 Å². The summed E-state index contributed by atoms with van der Waals surface area (Å²) in [5.74, 6) is -2.71. The van der Waals surface area contributed by atoms with Crippen LogP contribution >= 0.6 is 0 Å². The molecule has 0 saturated heterocycles. The van der Waals surface area contributed by atoms with Gasteiger partial charge in [0.2, 0.25) is 0 Å². The molecule has 2 aliphatic rings. The molecule has 4 atom stereocenters. The zero-order valence-electron chi connectivity index (χ0n) is 8.56. The third kappa shape index (κ3) is 1.73. The zero-order valence-corrected chi connectivity index (χ0v) is 8.56. The molecule has 4 unspecified atom stereocenters. The standard InChI is InChI=1S/C11H16O4/c12-10(13)8-5-6-3-1-2-4-7(6)9(8)11(14)15/h6-9H,1-5H2,(H,12,13)(H,14,15). The maximum Gasteiger partial charge on any atom is 0.307 e. The Morgan fingerprint density at radius 1 is 1.00 bits per heavy atom. The van der Waals surface area contributed by atoms with Gasteiger partial charge in [-0.15, -0.1) is 0 Å². The fourth-order valence-electron chi connectivity index (χ4n) is 3.38.